The van der Waals surface area contributed by atoms with Gasteiger partial charge in [0.2, 0.25) is 10.0 Å². The first-order valence-corrected chi connectivity index (χ1v) is 10.4. The smallest absolute Gasteiger partial charge is 0.238 e. The van der Waals surface area contributed by atoms with Crippen LogP contribution in [0.1, 0.15) is 22.3 Å². The number of ether oxygens (including phenoxy) is 1. The number of hydrogen-bond donors (Lipinski definition) is 2. The van der Waals surface area contributed by atoms with Crippen molar-refractivity contribution in [1.29, 1.82) is 0 Å². The molecule has 0 fully saturated rings. The standard InChI is InChI=1S/C22H20N2O3S/c1-14-6-7-16(13-20(14)23)19-12-17-4-2-3-5-21(17)27-22(19)15-8-10-18(11-9-15)28(24,25)26/h2-11,13H,12,23H2,1H3,(H2,24,25,26). The molecule has 3 aromatic rings. The van der Waals surface area contributed by atoms with Crippen molar-refractivity contribution in [2.75, 3.05) is 5.73 Å². The molecule has 4 rings (SSSR count). The topological polar surface area (TPSA) is 95.4 Å². The van der Waals surface area contributed by atoms with E-state index in [9.17, 15) is 8.42 Å². The number of hydrogen-bond acceptors (Lipinski definition) is 4. The van der Waals surface area contributed by atoms with E-state index in [0.29, 0.717) is 17.9 Å². The summed E-state index contributed by atoms with van der Waals surface area (Å²) in [6.07, 6.45) is 0.685. The van der Waals surface area contributed by atoms with Crippen molar-refractivity contribution in [3.63, 3.8) is 0 Å². The molecule has 0 saturated carbocycles. The number of benzene rings is 3. The molecule has 142 valence electrons. The summed E-state index contributed by atoms with van der Waals surface area (Å²) < 4.78 is 29.4. The fourth-order valence-electron chi connectivity index (χ4n) is 3.28. The van der Waals surface area contributed by atoms with Crippen LogP contribution >= 0.6 is 0 Å². The van der Waals surface area contributed by atoms with E-state index < -0.39 is 10.0 Å². The van der Waals surface area contributed by atoms with Gasteiger partial charge in [0.05, 0.1) is 4.90 Å². The van der Waals surface area contributed by atoms with E-state index >= 15 is 0 Å². The molecule has 0 unspecified atom stereocenters. The van der Waals surface area contributed by atoms with Crippen LogP contribution in [0.4, 0.5) is 5.69 Å². The van der Waals surface area contributed by atoms with Crippen molar-refractivity contribution >= 4 is 27.0 Å². The van der Waals surface area contributed by atoms with Gasteiger partial charge in [-0.25, -0.2) is 13.6 Å². The van der Waals surface area contributed by atoms with Gasteiger partial charge in [0.25, 0.3) is 0 Å². The van der Waals surface area contributed by atoms with Crippen molar-refractivity contribution in [2.24, 2.45) is 5.14 Å². The van der Waals surface area contributed by atoms with Crippen LogP contribution in [-0.4, -0.2) is 8.42 Å². The van der Waals surface area contributed by atoms with Crippen molar-refractivity contribution in [1.82, 2.24) is 0 Å². The predicted octanol–water partition coefficient (Wildman–Crippen LogP) is 3.73. The summed E-state index contributed by atoms with van der Waals surface area (Å²) in [5.41, 5.74) is 11.7. The molecule has 0 amide bonds. The molecule has 6 heteroatoms. The van der Waals surface area contributed by atoms with Crippen LogP contribution in [0.25, 0.3) is 11.3 Å². The first-order chi connectivity index (χ1) is 13.3. The van der Waals surface area contributed by atoms with Gasteiger partial charge in [-0.3, -0.25) is 0 Å². The number of fused-ring (bicyclic) bond motifs is 1. The number of anilines is 1. The normalized spacial score (nSPS) is 13.8. The van der Waals surface area contributed by atoms with Gasteiger partial charge in [-0.15, -0.1) is 0 Å². The highest BCUT2D eigenvalue weighted by Gasteiger charge is 2.23. The summed E-state index contributed by atoms with van der Waals surface area (Å²) in [7, 11) is -3.75. The van der Waals surface area contributed by atoms with Gasteiger partial charge in [0.15, 0.2) is 0 Å². The summed E-state index contributed by atoms with van der Waals surface area (Å²) in [5, 5.41) is 5.21. The second-order valence-corrected chi connectivity index (χ2v) is 8.40. The molecule has 1 aliphatic rings. The summed E-state index contributed by atoms with van der Waals surface area (Å²) in [5.74, 6) is 1.47. The minimum Gasteiger partial charge on any atom is -0.456 e. The maximum atomic E-state index is 11.6. The molecule has 0 aliphatic carbocycles. The van der Waals surface area contributed by atoms with E-state index in [0.717, 1.165) is 33.6 Å². The van der Waals surface area contributed by atoms with Gasteiger partial charge in [-0.2, -0.15) is 0 Å². The molecule has 0 aromatic heterocycles. The van der Waals surface area contributed by atoms with Gasteiger partial charge in [-0.05, 0) is 60.0 Å². The summed E-state index contributed by atoms with van der Waals surface area (Å²) in [4.78, 5) is 0.0641. The highest BCUT2D eigenvalue weighted by Crippen LogP contribution is 2.39. The largest absolute Gasteiger partial charge is 0.456 e. The Morgan fingerprint density at radius 1 is 0.929 bits per heavy atom. The lowest BCUT2D eigenvalue weighted by atomic mass is 9.91. The first-order valence-electron chi connectivity index (χ1n) is 8.81. The Labute approximate surface area is 164 Å². The van der Waals surface area contributed by atoms with Crippen molar-refractivity contribution < 1.29 is 13.2 Å². The van der Waals surface area contributed by atoms with E-state index in [2.05, 4.69) is 0 Å². The maximum absolute atomic E-state index is 11.6. The average Bonchev–Trinajstić information content (AvgIpc) is 2.68. The number of sulfonamides is 1. The van der Waals surface area contributed by atoms with Crippen LogP contribution in [-0.2, 0) is 16.4 Å². The van der Waals surface area contributed by atoms with E-state index in [4.69, 9.17) is 15.6 Å². The van der Waals surface area contributed by atoms with Crippen LogP contribution in [0.2, 0.25) is 0 Å². The zero-order chi connectivity index (χ0) is 19.9. The quantitative estimate of drug-likeness (QED) is 0.664. The fourth-order valence-corrected chi connectivity index (χ4v) is 3.80. The second-order valence-electron chi connectivity index (χ2n) is 6.83. The fraction of sp³-hybridized carbons (Fsp3) is 0.0909. The van der Waals surface area contributed by atoms with Crippen LogP contribution in [0, 0.1) is 6.92 Å². The zero-order valence-electron chi connectivity index (χ0n) is 15.3. The van der Waals surface area contributed by atoms with Crippen molar-refractivity contribution in [3.8, 4) is 5.75 Å². The molecule has 5 nitrogen and oxygen atoms in total. The van der Waals surface area contributed by atoms with Crippen molar-refractivity contribution in [2.45, 2.75) is 18.2 Å². The Morgan fingerprint density at radius 2 is 1.61 bits per heavy atom. The molecule has 4 N–H and O–H groups in total. The average molecular weight is 392 g/mol. The maximum Gasteiger partial charge on any atom is 0.238 e. The van der Waals surface area contributed by atoms with Crippen LogP contribution in [0.15, 0.2) is 71.6 Å². The highest BCUT2D eigenvalue weighted by atomic mass is 32.2. The summed E-state index contributed by atoms with van der Waals surface area (Å²) in [6, 6.07) is 20.2. The Bertz CT molecular complexity index is 1200. The molecule has 0 spiro atoms. The number of aryl methyl sites for hydroxylation is 1. The molecule has 0 atom stereocenters. The molecule has 0 radical (unpaired) electrons. The third-order valence-corrected chi connectivity index (χ3v) is 5.83. The van der Waals surface area contributed by atoms with Gasteiger partial charge < -0.3 is 10.5 Å². The molecule has 1 aliphatic heterocycles. The molecule has 0 saturated heterocycles. The molecule has 3 aromatic carbocycles. The lowest BCUT2D eigenvalue weighted by Gasteiger charge is -2.24. The first kappa shape index (κ1) is 18.3. The van der Waals surface area contributed by atoms with Gasteiger partial charge >= 0.3 is 0 Å². The van der Waals surface area contributed by atoms with E-state index in [-0.39, 0.29) is 4.90 Å². The number of rotatable bonds is 3. The number of primary sulfonamides is 1. The van der Waals surface area contributed by atoms with Gasteiger partial charge in [-0.1, -0.05) is 30.3 Å². The number of allylic oxidation sites excluding steroid dienone is 1. The molecule has 0 bridgehead atoms. The van der Waals surface area contributed by atoms with Crippen LogP contribution < -0.4 is 15.6 Å². The number of nitrogen functional groups attached to an aromatic ring is 1. The number of nitrogens with two attached hydrogens (primary N) is 2. The monoisotopic (exact) mass is 392 g/mol. The van der Waals surface area contributed by atoms with Crippen LogP contribution in [0.3, 0.4) is 0 Å². The minimum absolute atomic E-state index is 0.0641. The minimum atomic E-state index is -3.75. The predicted molar refractivity (Wildman–Crippen MR) is 111 cm³/mol. The lowest BCUT2D eigenvalue weighted by molar-refractivity contribution is 0.502. The third kappa shape index (κ3) is 3.40. The third-order valence-electron chi connectivity index (χ3n) is 4.90. The zero-order valence-corrected chi connectivity index (χ0v) is 16.2. The van der Waals surface area contributed by atoms with Gasteiger partial charge in [0.1, 0.15) is 11.5 Å². The summed E-state index contributed by atoms with van der Waals surface area (Å²) >= 11 is 0. The molecule has 1 heterocycles. The molecule has 28 heavy (non-hydrogen) atoms. The van der Waals surface area contributed by atoms with E-state index in [1.807, 2.05) is 49.4 Å². The summed E-state index contributed by atoms with van der Waals surface area (Å²) in [6.45, 7) is 1.97. The SMILES string of the molecule is Cc1ccc(C2=C(c3ccc(S(N)(=O)=O)cc3)Oc3ccccc3C2)cc1N. The molecular formula is C22H20N2O3S. The second kappa shape index (κ2) is 6.82. The van der Waals surface area contributed by atoms with Crippen molar-refractivity contribution in [3.05, 3.63) is 89.0 Å². The van der Waals surface area contributed by atoms with Crippen LogP contribution in [0.5, 0.6) is 5.75 Å². The Hall–Kier alpha value is -3.09. The Kier molecular flexibility index (Phi) is 4.45. The lowest BCUT2D eigenvalue weighted by Crippen LogP contribution is -2.13. The Balaban J connectivity index is 1.87. The van der Waals surface area contributed by atoms with E-state index in [1.54, 1.807) is 12.1 Å². The highest BCUT2D eigenvalue weighted by molar-refractivity contribution is 7.89. The van der Waals surface area contributed by atoms with Gasteiger partial charge in [0, 0.05) is 23.2 Å². The van der Waals surface area contributed by atoms with E-state index in [1.165, 1.54) is 12.1 Å². The Morgan fingerprint density at radius 3 is 2.29 bits per heavy atom. The molecular weight excluding hydrogens is 372 g/mol. The number of para-hydroxylation sites is 1.